The largest absolute Gasteiger partial charge is 0.361 e. The molecule has 0 fully saturated rings. The molecule has 0 saturated heterocycles. The predicted molar refractivity (Wildman–Crippen MR) is 104 cm³/mol. The molecule has 0 bridgehead atoms. The van der Waals surface area contributed by atoms with E-state index in [1.165, 1.54) is 22.7 Å². The third-order valence-corrected chi connectivity index (χ3v) is 5.74. The standard InChI is InChI=1S/C20H19N3O2S/c24-19(11-18-20(25)23-16-7-3-4-8-17(16)26-18)21-10-9-13-12-22-15-6-2-1-5-14(13)15/h1-8,12,18,22H,9-11H2,(H,21,24)(H,23,25). The maximum atomic E-state index is 12.2. The fourth-order valence-electron chi connectivity index (χ4n) is 3.14. The molecule has 132 valence electrons. The summed E-state index contributed by atoms with van der Waals surface area (Å²) in [6.07, 6.45) is 2.92. The number of carbonyl (C=O) groups excluding carboxylic acids is 2. The minimum atomic E-state index is -0.391. The second kappa shape index (κ2) is 7.25. The molecule has 1 atom stereocenters. The Morgan fingerprint density at radius 3 is 2.85 bits per heavy atom. The van der Waals surface area contributed by atoms with Gasteiger partial charge in [-0.05, 0) is 30.2 Å². The summed E-state index contributed by atoms with van der Waals surface area (Å²) in [5.41, 5.74) is 3.10. The first-order valence-electron chi connectivity index (χ1n) is 8.59. The van der Waals surface area contributed by atoms with E-state index in [0.29, 0.717) is 6.54 Å². The van der Waals surface area contributed by atoms with Gasteiger partial charge in [0, 0.05) is 35.0 Å². The molecule has 1 aliphatic heterocycles. The summed E-state index contributed by atoms with van der Waals surface area (Å²) in [4.78, 5) is 28.7. The Bertz CT molecular complexity index is 966. The Labute approximate surface area is 155 Å². The zero-order chi connectivity index (χ0) is 17.9. The summed E-state index contributed by atoms with van der Waals surface area (Å²) in [7, 11) is 0. The lowest BCUT2D eigenvalue weighted by Gasteiger charge is -2.23. The van der Waals surface area contributed by atoms with Crippen LogP contribution in [-0.4, -0.2) is 28.6 Å². The van der Waals surface area contributed by atoms with E-state index < -0.39 is 5.25 Å². The van der Waals surface area contributed by atoms with E-state index in [1.807, 2.05) is 48.7 Å². The molecule has 1 aromatic heterocycles. The van der Waals surface area contributed by atoms with Gasteiger partial charge in [0.1, 0.15) is 0 Å². The molecule has 2 heterocycles. The molecule has 0 radical (unpaired) electrons. The summed E-state index contributed by atoms with van der Waals surface area (Å²) in [5.74, 6) is -0.211. The summed E-state index contributed by atoms with van der Waals surface area (Å²) < 4.78 is 0. The van der Waals surface area contributed by atoms with Crippen LogP contribution in [0.15, 0.2) is 59.6 Å². The summed E-state index contributed by atoms with van der Waals surface area (Å²) in [6.45, 7) is 0.552. The number of hydrogen-bond acceptors (Lipinski definition) is 3. The summed E-state index contributed by atoms with van der Waals surface area (Å²) >= 11 is 1.45. The van der Waals surface area contributed by atoms with Gasteiger partial charge in [-0.3, -0.25) is 9.59 Å². The second-order valence-corrected chi connectivity index (χ2v) is 7.50. The monoisotopic (exact) mass is 365 g/mol. The van der Waals surface area contributed by atoms with E-state index in [1.54, 1.807) is 0 Å². The van der Waals surface area contributed by atoms with Gasteiger partial charge >= 0.3 is 0 Å². The zero-order valence-electron chi connectivity index (χ0n) is 14.1. The number of benzene rings is 2. The van der Waals surface area contributed by atoms with Gasteiger partial charge in [-0.15, -0.1) is 11.8 Å². The first-order valence-corrected chi connectivity index (χ1v) is 9.47. The Balaban J connectivity index is 1.31. The number of rotatable bonds is 5. The molecule has 0 saturated carbocycles. The topological polar surface area (TPSA) is 74.0 Å². The Morgan fingerprint density at radius 2 is 1.92 bits per heavy atom. The van der Waals surface area contributed by atoms with E-state index in [-0.39, 0.29) is 18.2 Å². The number of aromatic amines is 1. The minimum Gasteiger partial charge on any atom is -0.361 e. The van der Waals surface area contributed by atoms with Crippen LogP contribution in [-0.2, 0) is 16.0 Å². The maximum Gasteiger partial charge on any atom is 0.238 e. The lowest BCUT2D eigenvalue weighted by atomic mass is 10.1. The number of carbonyl (C=O) groups is 2. The van der Waals surface area contributed by atoms with E-state index in [0.717, 1.165) is 22.5 Å². The van der Waals surface area contributed by atoms with Crippen LogP contribution in [0.1, 0.15) is 12.0 Å². The van der Waals surface area contributed by atoms with Crippen LogP contribution in [0.4, 0.5) is 5.69 Å². The Morgan fingerprint density at radius 1 is 1.12 bits per heavy atom. The van der Waals surface area contributed by atoms with Crippen LogP contribution in [0.5, 0.6) is 0 Å². The highest BCUT2D eigenvalue weighted by atomic mass is 32.2. The molecule has 6 heteroatoms. The third-order valence-electron chi connectivity index (χ3n) is 4.47. The summed E-state index contributed by atoms with van der Waals surface area (Å²) in [5, 5.41) is 6.59. The number of thioether (sulfide) groups is 1. The van der Waals surface area contributed by atoms with Crippen molar-refractivity contribution in [3.8, 4) is 0 Å². The summed E-state index contributed by atoms with van der Waals surface area (Å²) in [6, 6.07) is 15.8. The van der Waals surface area contributed by atoms with Crippen molar-refractivity contribution in [2.45, 2.75) is 23.0 Å². The second-order valence-electron chi connectivity index (χ2n) is 6.26. The molecule has 0 aliphatic carbocycles. The molecule has 4 rings (SSSR count). The number of fused-ring (bicyclic) bond motifs is 2. The Kier molecular flexibility index (Phi) is 4.67. The van der Waals surface area contributed by atoms with Gasteiger partial charge in [0.25, 0.3) is 0 Å². The number of hydrogen-bond donors (Lipinski definition) is 3. The third kappa shape index (κ3) is 3.46. The van der Waals surface area contributed by atoms with Crippen LogP contribution in [0.3, 0.4) is 0 Å². The van der Waals surface area contributed by atoms with Gasteiger partial charge in [-0.1, -0.05) is 30.3 Å². The smallest absolute Gasteiger partial charge is 0.238 e. The van der Waals surface area contributed by atoms with Crippen LogP contribution in [0.25, 0.3) is 10.9 Å². The molecular formula is C20H19N3O2S. The highest BCUT2D eigenvalue weighted by molar-refractivity contribution is 8.01. The van der Waals surface area contributed by atoms with Crippen molar-refractivity contribution in [2.75, 3.05) is 11.9 Å². The van der Waals surface area contributed by atoms with Gasteiger partial charge in [-0.2, -0.15) is 0 Å². The maximum absolute atomic E-state index is 12.2. The van der Waals surface area contributed by atoms with Crippen molar-refractivity contribution >= 4 is 40.2 Å². The van der Waals surface area contributed by atoms with E-state index in [4.69, 9.17) is 0 Å². The quantitative estimate of drug-likeness (QED) is 0.649. The molecule has 2 aromatic carbocycles. The molecule has 2 amide bonds. The predicted octanol–water partition coefficient (Wildman–Crippen LogP) is 3.33. The number of para-hydroxylation sites is 2. The average molecular weight is 365 g/mol. The number of nitrogens with one attached hydrogen (secondary N) is 3. The van der Waals surface area contributed by atoms with Crippen LogP contribution in [0, 0.1) is 0 Å². The lowest BCUT2D eigenvalue weighted by Crippen LogP contribution is -2.35. The van der Waals surface area contributed by atoms with Crippen molar-refractivity contribution in [1.29, 1.82) is 0 Å². The fraction of sp³-hybridized carbons (Fsp3) is 0.200. The van der Waals surface area contributed by atoms with Crippen LogP contribution >= 0.6 is 11.8 Å². The van der Waals surface area contributed by atoms with Gasteiger partial charge in [0.15, 0.2) is 0 Å². The normalized spacial score (nSPS) is 16.2. The highest BCUT2D eigenvalue weighted by Crippen LogP contribution is 2.36. The molecule has 1 aliphatic rings. The molecule has 26 heavy (non-hydrogen) atoms. The molecule has 5 nitrogen and oxygen atoms in total. The Hall–Kier alpha value is -2.73. The fourth-order valence-corrected chi connectivity index (χ4v) is 4.25. The molecule has 3 N–H and O–H groups in total. The van der Waals surface area contributed by atoms with Gasteiger partial charge in [0.2, 0.25) is 11.8 Å². The highest BCUT2D eigenvalue weighted by Gasteiger charge is 2.28. The van der Waals surface area contributed by atoms with Crippen molar-refractivity contribution in [3.63, 3.8) is 0 Å². The van der Waals surface area contributed by atoms with E-state index >= 15 is 0 Å². The number of anilines is 1. The first-order chi connectivity index (χ1) is 12.7. The average Bonchev–Trinajstić information content (AvgIpc) is 3.06. The molecular weight excluding hydrogens is 346 g/mol. The number of aromatic nitrogens is 1. The molecule has 0 spiro atoms. The lowest BCUT2D eigenvalue weighted by molar-refractivity contribution is -0.124. The van der Waals surface area contributed by atoms with Crippen molar-refractivity contribution < 1.29 is 9.59 Å². The SMILES string of the molecule is O=C(CC1Sc2ccccc2NC1=O)NCCc1c[nH]c2ccccc12. The first kappa shape index (κ1) is 16.7. The number of H-pyrrole nitrogens is 1. The van der Waals surface area contributed by atoms with Crippen LogP contribution in [0.2, 0.25) is 0 Å². The molecule has 3 aromatic rings. The zero-order valence-corrected chi connectivity index (χ0v) is 14.9. The molecule has 1 unspecified atom stereocenters. The van der Waals surface area contributed by atoms with Crippen molar-refractivity contribution in [2.24, 2.45) is 0 Å². The van der Waals surface area contributed by atoms with Crippen molar-refractivity contribution in [1.82, 2.24) is 10.3 Å². The van der Waals surface area contributed by atoms with Gasteiger partial charge in [0.05, 0.1) is 10.9 Å². The van der Waals surface area contributed by atoms with Crippen LogP contribution < -0.4 is 10.6 Å². The van der Waals surface area contributed by atoms with Crippen molar-refractivity contribution in [3.05, 3.63) is 60.3 Å². The van der Waals surface area contributed by atoms with E-state index in [9.17, 15) is 9.59 Å². The van der Waals surface area contributed by atoms with E-state index in [2.05, 4.69) is 21.7 Å². The van der Waals surface area contributed by atoms with Gasteiger partial charge < -0.3 is 15.6 Å². The number of amides is 2. The minimum absolute atomic E-state index is 0.100. The van der Waals surface area contributed by atoms with Gasteiger partial charge in [-0.25, -0.2) is 0 Å².